The van der Waals surface area contributed by atoms with E-state index in [4.69, 9.17) is 11.5 Å². The highest BCUT2D eigenvalue weighted by molar-refractivity contribution is 5.69. The Kier molecular flexibility index (Phi) is 4.41. The van der Waals surface area contributed by atoms with Crippen molar-refractivity contribution in [3.63, 3.8) is 0 Å². The second-order valence-electron chi connectivity index (χ2n) is 5.32. The van der Waals surface area contributed by atoms with E-state index >= 15 is 0 Å². The van der Waals surface area contributed by atoms with Crippen molar-refractivity contribution < 1.29 is 10.2 Å². The molecule has 2 aromatic carbocycles. The largest absolute Gasteiger partial charge is 0.507 e. The summed E-state index contributed by atoms with van der Waals surface area (Å²) in [6.45, 7) is 3.86. The van der Waals surface area contributed by atoms with Crippen molar-refractivity contribution in [3.8, 4) is 11.5 Å². The molecule has 0 aliphatic rings. The third-order valence-electron chi connectivity index (χ3n) is 3.32. The summed E-state index contributed by atoms with van der Waals surface area (Å²) in [4.78, 5) is 0. The van der Waals surface area contributed by atoms with Crippen molar-refractivity contribution in [1.29, 1.82) is 0 Å². The number of phenolic OH excluding ortho intramolecular Hbond substituents is 2. The molecular formula is C18H20N2O2. The number of hydrogen-bond donors (Lipinski definition) is 4. The molecule has 0 spiro atoms. The third kappa shape index (κ3) is 3.61. The number of phenols is 2. The smallest absolute Gasteiger partial charge is 0.122 e. The number of benzene rings is 2. The van der Waals surface area contributed by atoms with Gasteiger partial charge >= 0.3 is 0 Å². The maximum absolute atomic E-state index is 9.84. The molecule has 0 amide bonds. The maximum atomic E-state index is 9.84. The summed E-state index contributed by atoms with van der Waals surface area (Å²) >= 11 is 0. The third-order valence-corrected chi connectivity index (χ3v) is 3.32. The first-order valence-corrected chi connectivity index (χ1v) is 6.91. The zero-order valence-corrected chi connectivity index (χ0v) is 12.7. The van der Waals surface area contributed by atoms with Crippen molar-refractivity contribution in [3.05, 3.63) is 70.0 Å². The van der Waals surface area contributed by atoms with E-state index in [1.165, 1.54) is 0 Å². The number of rotatable bonds is 3. The van der Waals surface area contributed by atoms with Crippen LogP contribution in [0.4, 0.5) is 0 Å². The number of aryl methyl sites for hydroxylation is 2. The molecule has 0 aliphatic carbocycles. The second kappa shape index (κ2) is 6.26. The second-order valence-corrected chi connectivity index (χ2v) is 5.32. The van der Waals surface area contributed by atoms with Crippen LogP contribution in [0.3, 0.4) is 0 Å². The lowest BCUT2D eigenvalue weighted by molar-refractivity contribution is 0.473. The zero-order chi connectivity index (χ0) is 16.3. The Morgan fingerprint density at radius 2 is 1.14 bits per heavy atom. The fourth-order valence-corrected chi connectivity index (χ4v) is 2.08. The first kappa shape index (κ1) is 15.5. The Morgan fingerprint density at radius 3 is 1.50 bits per heavy atom. The average Bonchev–Trinajstić information content (AvgIpc) is 2.46. The Bertz CT molecular complexity index is 696. The van der Waals surface area contributed by atoms with Crippen LogP contribution in [-0.2, 0) is 0 Å². The molecule has 2 rings (SSSR count). The van der Waals surface area contributed by atoms with Crippen LogP contribution in [-0.4, -0.2) is 10.2 Å². The molecule has 0 saturated carbocycles. The van der Waals surface area contributed by atoms with Gasteiger partial charge < -0.3 is 21.7 Å². The van der Waals surface area contributed by atoms with Gasteiger partial charge in [-0.1, -0.05) is 23.3 Å². The first-order chi connectivity index (χ1) is 10.4. The van der Waals surface area contributed by atoms with Gasteiger partial charge in [-0.15, -0.1) is 0 Å². The fourth-order valence-electron chi connectivity index (χ4n) is 2.08. The number of hydrogen-bond acceptors (Lipinski definition) is 4. The Balaban J connectivity index is 2.37. The monoisotopic (exact) mass is 296 g/mol. The molecule has 0 radical (unpaired) electrons. The van der Waals surface area contributed by atoms with Gasteiger partial charge in [0.15, 0.2) is 0 Å². The Labute approximate surface area is 130 Å². The lowest BCUT2D eigenvalue weighted by Crippen LogP contribution is -2.08. The predicted octanol–water partition coefficient (Wildman–Crippen LogP) is 3.01. The lowest BCUT2D eigenvalue weighted by Gasteiger charge is -2.06. The number of aromatic hydroxyl groups is 2. The van der Waals surface area contributed by atoms with E-state index in [9.17, 15) is 10.2 Å². The minimum Gasteiger partial charge on any atom is -0.507 e. The van der Waals surface area contributed by atoms with Crippen LogP contribution in [0.1, 0.15) is 22.3 Å². The molecule has 4 heteroatoms. The first-order valence-electron chi connectivity index (χ1n) is 6.91. The van der Waals surface area contributed by atoms with E-state index in [0.29, 0.717) is 22.5 Å². The number of nitrogens with two attached hydrogens (primary N) is 2. The lowest BCUT2D eigenvalue weighted by atomic mass is 10.1. The molecule has 4 nitrogen and oxygen atoms in total. The predicted molar refractivity (Wildman–Crippen MR) is 90.0 cm³/mol. The van der Waals surface area contributed by atoms with E-state index in [2.05, 4.69) is 0 Å². The van der Waals surface area contributed by atoms with E-state index in [0.717, 1.165) is 11.1 Å². The van der Waals surface area contributed by atoms with Gasteiger partial charge in [0.25, 0.3) is 0 Å². The summed E-state index contributed by atoms with van der Waals surface area (Å²) in [7, 11) is 0. The summed E-state index contributed by atoms with van der Waals surface area (Å²) in [6, 6.07) is 10.5. The molecule has 0 saturated heterocycles. The van der Waals surface area contributed by atoms with Gasteiger partial charge in [0.1, 0.15) is 11.5 Å². The molecule has 6 N–H and O–H groups in total. The summed E-state index contributed by atoms with van der Waals surface area (Å²) in [5.41, 5.74) is 15.8. The Morgan fingerprint density at radius 1 is 0.773 bits per heavy atom. The summed E-state index contributed by atoms with van der Waals surface area (Å²) < 4.78 is 0. The SMILES string of the molecule is Cc1ccc(O)c(C=C(N)C(N)=Cc2cc(C)ccc2O)c1. The van der Waals surface area contributed by atoms with Crippen molar-refractivity contribution >= 4 is 12.2 Å². The van der Waals surface area contributed by atoms with Crippen LogP contribution in [0.15, 0.2) is 47.8 Å². The van der Waals surface area contributed by atoms with E-state index in [1.807, 2.05) is 38.1 Å². The molecule has 0 atom stereocenters. The molecule has 114 valence electrons. The summed E-state index contributed by atoms with van der Waals surface area (Å²) in [5, 5.41) is 19.7. The molecule has 0 bridgehead atoms. The van der Waals surface area contributed by atoms with Crippen molar-refractivity contribution in [1.82, 2.24) is 0 Å². The summed E-state index contributed by atoms with van der Waals surface area (Å²) in [6.07, 6.45) is 3.22. The molecule has 22 heavy (non-hydrogen) atoms. The summed E-state index contributed by atoms with van der Waals surface area (Å²) in [5.74, 6) is 0.277. The van der Waals surface area contributed by atoms with Gasteiger partial charge in [0, 0.05) is 11.1 Å². The van der Waals surface area contributed by atoms with Gasteiger partial charge in [-0.2, -0.15) is 0 Å². The minimum atomic E-state index is 0.139. The topological polar surface area (TPSA) is 92.5 Å². The Hall–Kier alpha value is -2.88. The average molecular weight is 296 g/mol. The highest BCUT2D eigenvalue weighted by Crippen LogP contribution is 2.24. The van der Waals surface area contributed by atoms with Gasteiger partial charge in [0.2, 0.25) is 0 Å². The van der Waals surface area contributed by atoms with Crippen LogP contribution in [0, 0.1) is 13.8 Å². The molecule has 0 aliphatic heterocycles. The molecule has 0 unspecified atom stereocenters. The molecule has 0 fully saturated rings. The van der Waals surface area contributed by atoms with E-state index in [-0.39, 0.29) is 11.5 Å². The van der Waals surface area contributed by atoms with Gasteiger partial charge in [-0.25, -0.2) is 0 Å². The maximum Gasteiger partial charge on any atom is 0.122 e. The minimum absolute atomic E-state index is 0.139. The molecular weight excluding hydrogens is 276 g/mol. The van der Waals surface area contributed by atoms with Crippen molar-refractivity contribution in [2.75, 3.05) is 0 Å². The quantitative estimate of drug-likeness (QED) is 0.655. The van der Waals surface area contributed by atoms with Crippen LogP contribution < -0.4 is 11.5 Å². The standard InChI is InChI=1S/C18H20N2O2/c1-11-3-5-17(21)13(7-11)9-15(19)16(20)10-14-8-12(2)4-6-18(14)22/h3-10,21-22H,19-20H2,1-2H3. The zero-order valence-electron chi connectivity index (χ0n) is 12.7. The molecule has 2 aromatic rings. The van der Waals surface area contributed by atoms with Gasteiger partial charge in [-0.05, 0) is 50.3 Å². The van der Waals surface area contributed by atoms with Crippen LogP contribution in [0.2, 0.25) is 0 Å². The van der Waals surface area contributed by atoms with Gasteiger partial charge in [-0.3, -0.25) is 0 Å². The molecule has 0 heterocycles. The van der Waals surface area contributed by atoms with Crippen molar-refractivity contribution in [2.45, 2.75) is 13.8 Å². The van der Waals surface area contributed by atoms with E-state index in [1.54, 1.807) is 24.3 Å². The van der Waals surface area contributed by atoms with E-state index < -0.39 is 0 Å². The highest BCUT2D eigenvalue weighted by atomic mass is 16.3. The van der Waals surface area contributed by atoms with Crippen LogP contribution >= 0.6 is 0 Å². The van der Waals surface area contributed by atoms with Crippen LogP contribution in [0.5, 0.6) is 11.5 Å². The molecule has 0 aromatic heterocycles. The highest BCUT2D eigenvalue weighted by Gasteiger charge is 2.04. The van der Waals surface area contributed by atoms with Crippen LogP contribution in [0.25, 0.3) is 12.2 Å². The fraction of sp³-hybridized carbons (Fsp3) is 0.111. The normalized spacial score (nSPS) is 12.5. The van der Waals surface area contributed by atoms with Crippen molar-refractivity contribution in [2.24, 2.45) is 11.5 Å². The van der Waals surface area contributed by atoms with Gasteiger partial charge in [0.05, 0.1) is 11.4 Å².